The number of aryl methyl sites for hydroxylation is 1. The van der Waals surface area contributed by atoms with Crippen molar-refractivity contribution in [3.8, 4) is 0 Å². The molecule has 0 atom stereocenters. The van der Waals surface area contributed by atoms with E-state index in [9.17, 15) is 4.79 Å². The zero-order valence-corrected chi connectivity index (χ0v) is 16.6. The maximum Gasteiger partial charge on any atom is 0.293 e. The van der Waals surface area contributed by atoms with Crippen molar-refractivity contribution in [2.24, 2.45) is 12.8 Å². The van der Waals surface area contributed by atoms with Crippen LogP contribution in [0.1, 0.15) is 5.56 Å². The third kappa shape index (κ3) is 3.74. The Balaban J connectivity index is 1.63. The second-order valence-corrected chi connectivity index (χ2v) is 6.92. The fourth-order valence-corrected chi connectivity index (χ4v) is 3.40. The third-order valence-electron chi connectivity index (χ3n) is 5.12. The highest BCUT2D eigenvalue weighted by molar-refractivity contribution is 6.09. The second-order valence-electron chi connectivity index (χ2n) is 6.92. The number of rotatable bonds is 5. The lowest BCUT2D eigenvalue weighted by Crippen LogP contribution is -2.36. The van der Waals surface area contributed by atoms with Crippen LogP contribution in [-0.2, 0) is 11.8 Å². The number of nitrogens with two attached hydrogens (primary N) is 1. The maximum atomic E-state index is 12.8. The molecule has 3 aromatic rings. The van der Waals surface area contributed by atoms with E-state index in [0.29, 0.717) is 35.6 Å². The summed E-state index contributed by atoms with van der Waals surface area (Å²) in [6, 6.07) is 9.23. The molecule has 30 heavy (non-hydrogen) atoms. The molecule has 0 bridgehead atoms. The molecule has 154 valence electrons. The maximum absolute atomic E-state index is 12.8. The number of morpholine rings is 1. The van der Waals surface area contributed by atoms with E-state index < -0.39 is 0 Å². The van der Waals surface area contributed by atoms with Gasteiger partial charge in [0.15, 0.2) is 5.82 Å². The highest BCUT2D eigenvalue weighted by Crippen LogP contribution is 2.21. The summed E-state index contributed by atoms with van der Waals surface area (Å²) < 4.78 is 6.90. The van der Waals surface area contributed by atoms with Crippen LogP contribution in [0, 0.1) is 5.41 Å². The summed E-state index contributed by atoms with van der Waals surface area (Å²) in [5.41, 5.74) is 8.93. The molecule has 1 aromatic carbocycles. The molecule has 0 aliphatic carbocycles. The molecule has 4 N–H and O–H groups in total. The molecule has 0 spiro atoms. The molecule has 9 nitrogen and oxygen atoms in total. The number of fused-ring (bicyclic) bond motifs is 1. The van der Waals surface area contributed by atoms with Gasteiger partial charge in [0.2, 0.25) is 0 Å². The van der Waals surface area contributed by atoms with Crippen molar-refractivity contribution in [1.29, 1.82) is 5.41 Å². The molecular weight excluding hydrogens is 382 g/mol. The van der Waals surface area contributed by atoms with Crippen LogP contribution in [0.3, 0.4) is 0 Å². The van der Waals surface area contributed by atoms with Gasteiger partial charge in [0.25, 0.3) is 5.56 Å². The van der Waals surface area contributed by atoms with Crippen molar-refractivity contribution in [2.75, 3.05) is 36.5 Å². The lowest BCUT2D eigenvalue weighted by Gasteiger charge is -2.28. The fraction of sp³-hybridized carbons (Fsp3) is 0.238. The first kappa shape index (κ1) is 19.6. The smallest absolute Gasteiger partial charge is 0.293 e. The first-order valence-corrected chi connectivity index (χ1v) is 9.60. The Hall–Kier alpha value is -3.72. The lowest BCUT2D eigenvalue weighted by molar-refractivity contribution is 0.122. The number of hydrogen-bond acceptors (Lipinski definition) is 8. The number of aromatic nitrogens is 3. The van der Waals surface area contributed by atoms with Crippen molar-refractivity contribution in [1.82, 2.24) is 14.5 Å². The van der Waals surface area contributed by atoms with Crippen molar-refractivity contribution in [3.63, 3.8) is 0 Å². The van der Waals surface area contributed by atoms with Crippen molar-refractivity contribution < 1.29 is 4.74 Å². The monoisotopic (exact) mass is 405 g/mol. The van der Waals surface area contributed by atoms with Gasteiger partial charge < -0.3 is 30.7 Å². The summed E-state index contributed by atoms with van der Waals surface area (Å²) in [5.74, 6) is 0.746. The second kappa shape index (κ2) is 8.34. The summed E-state index contributed by atoms with van der Waals surface area (Å²) in [5, 5.41) is 10.5. The van der Waals surface area contributed by atoms with E-state index in [2.05, 4.69) is 20.2 Å². The Morgan fingerprint density at radius 2 is 2.07 bits per heavy atom. The third-order valence-corrected chi connectivity index (χ3v) is 5.12. The Bertz CT molecular complexity index is 1160. The number of allylic oxidation sites excluding steroid dienone is 1. The van der Waals surface area contributed by atoms with E-state index >= 15 is 0 Å². The van der Waals surface area contributed by atoms with E-state index in [0.717, 1.165) is 24.3 Å². The Morgan fingerprint density at radius 1 is 1.27 bits per heavy atom. The van der Waals surface area contributed by atoms with Crippen molar-refractivity contribution >= 4 is 40.1 Å². The van der Waals surface area contributed by atoms with Gasteiger partial charge in [-0.2, -0.15) is 0 Å². The number of nitrogens with zero attached hydrogens (tertiary/aromatic N) is 4. The molecule has 0 saturated carbocycles. The first-order chi connectivity index (χ1) is 14.6. The largest absolute Gasteiger partial charge is 0.404 e. The highest BCUT2D eigenvalue weighted by Gasteiger charge is 2.13. The summed E-state index contributed by atoms with van der Waals surface area (Å²) >= 11 is 0. The Morgan fingerprint density at radius 3 is 2.73 bits per heavy atom. The van der Waals surface area contributed by atoms with Gasteiger partial charge in [-0.05, 0) is 29.8 Å². The minimum atomic E-state index is -0.271. The molecule has 1 saturated heterocycles. The summed E-state index contributed by atoms with van der Waals surface area (Å²) in [6.45, 7) is 3.09. The zero-order chi connectivity index (χ0) is 21.1. The van der Waals surface area contributed by atoms with E-state index in [-0.39, 0.29) is 11.4 Å². The molecule has 2 aromatic heterocycles. The van der Waals surface area contributed by atoms with Gasteiger partial charge in [0.1, 0.15) is 5.82 Å². The SMILES string of the molecule is Cn1c(=O)c(Nc2ccc(N3CCOCC3)cn2)nc2ccc(/C(C=N)=C/N)cc21. The van der Waals surface area contributed by atoms with E-state index in [1.165, 1.54) is 17.0 Å². The topological polar surface area (TPSA) is 122 Å². The quantitative estimate of drug-likeness (QED) is 0.554. The normalized spacial score (nSPS) is 14.7. The molecular formula is C21H23N7O2. The molecule has 9 heteroatoms. The van der Waals surface area contributed by atoms with Crippen LogP contribution in [0.25, 0.3) is 16.6 Å². The number of nitrogens with one attached hydrogen (secondary N) is 2. The highest BCUT2D eigenvalue weighted by atomic mass is 16.5. The Kier molecular flexibility index (Phi) is 5.44. The van der Waals surface area contributed by atoms with Gasteiger partial charge in [-0.1, -0.05) is 6.07 Å². The number of hydrogen-bond donors (Lipinski definition) is 3. The van der Waals surface area contributed by atoms with Crippen LogP contribution in [0.5, 0.6) is 0 Å². The predicted octanol–water partition coefficient (Wildman–Crippen LogP) is 1.86. The van der Waals surface area contributed by atoms with E-state index in [1.807, 2.05) is 18.2 Å². The van der Waals surface area contributed by atoms with Crippen LogP contribution in [0.15, 0.2) is 47.5 Å². The number of anilines is 3. The molecule has 1 aliphatic rings. The van der Waals surface area contributed by atoms with Gasteiger partial charge >= 0.3 is 0 Å². The summed E-state index contributed by atoms with van der Waals surface area (Å²) in [6.07, 6.45) is 4.32. The average molecular weight is 405 g/mol. The Labute approximate surface area is 173 Å². The van der Waals surface area contributed by atoms with Crippen molar-refractivity contribution in [2.45, 2.75) is 0 Å². The fourth-order valence-electron chi connectivity index (χ4n) is 3.40. The van der Waals surface area contributed by atoms with Crippen LogP contribution >= 0.6 is 0 Å². The number of benzene rings is 1. The number of pyridine rings is 1. The van der Waals surface area contributed by atoms with Gasteiger partial charge in [-0.3, -0.25) is 4.79 Å². The molecule has 1 fully saturated rings. The summed E-state index contributed by atoms with van der Waals surface area (Å²) in [4.78, 5) is 23.9. The summed E-state index contributed by atoms with van der Waals surface area (Å²) in [7, 11) is 1.69. The molecule has 4 rings (SSSR count). The average Bonchev–Trinajstić information content (AvgIpc) is 2.79. The van der Waals surface area contributed by atoms with Crippen LogP contribution in [0.4, 0.5) is 17.3 Å². The van der Waals surface area contributed by atoms with Crippen LogP contribution < -0.4 is 21.5 Å². The number of ether oxygens (including phenoxy) is 1. The van der Waals surface area contributed by atoms with Gasteiger partial charge in [-0.15, -0.1) is 0 Å². The van der Waals surface area contributed by atoms with Crippen LogP contribution in [-0.4, -0.2) is 47.1 Å². The lowest BCUT2D eigenvalue weighted by atomic mass is 10.1. The van der Waals surface area contributed by atoms with Crippen LogP contribution in [0.2, 0.25) is 0 Å². The zero-order valence-electron chi connectivity index (χ0n) is 16.6. The van der Waals surface area contributed by atoms with E-state index in [4.69, 9.17) is 15.9 Å². The molecule has 0 unspecified atom stereocenters. The standard InChI is InChI=1S/C21H23N7O2/c1-27-18-10-14(15(11-22)12-23)2-4-17(18)25-20(21(27)29)26-19-5-3-16(13-24-19)28-6-8-30-9-7-28/h2-5,10-13,22H,6-9,23H2,1H3,(H,24,25,26)/b15-12+,22-11?. The molecule has 0 amide bonds. The van der Waals surface area contributed by atoms with E-state index in [1.54, 1.807) is 25.4 Å². The molecule has 3 heterocycles. The molecule has 0 radical (unpaired) electrons. The van der Waals surface area contributed by atoms with Crippen molar-refractivity contribution in [3.05, 3.63) is 58.6 Å². The first-order valence-electron chi connectivity index (χ1n) is 9.60. The molecule has 1 aliphatic heterocycles. The minimum absolute atomic E-state index is 0.200. The van der Waals surface area contributed by atoms with Gasteiger partial charge in [0.05, 0.1) is 36.1 Å². The predicted molar refractivity (Wildman–Crippen MR) is 118 cm³/mol. The minimum Gasteiger partial charge on any atom is -0.404 e. The van der Waals surface area contributed by atoms with Gasteiger partial charge in [-0.25, -0.2) is 9.97 Å². The van der Waals surface area contributed by atoms with Gasteiger partial charge in [0, 0.05) is 38.1 Å².